The minimum absolute atomic E-state index is 0.191. The molecule has 0 unspecified atom stereocenters. The lowest BCUT2D eigenvalue weighted by Gasteiger charge is -2.06. The SMILES string of the molecule is O=C(CCCNCc1ccc2ncccc2c1)NC1CC1. The Labute approximate surface area is 125 Å². The number of benzene rings is 1. The maximum Gasteiger partial charge on any atom is 0.220 e. The van der Waals surface area contributed by atoms with E-state index in [-0.39, 0.29) is 5.91 Å². The lowest BCUT2D eigenvalue weighted by molar-refractivity contribution is -0.121. The molecule has 1 saturated carbocycles. The summed E-state index contributed by atoms with van der Waals surface area (Å²) in [5.41, 5.74) is 2.27. The number of carbonyl (C=O) groups is 1. The van der Waals surface area contributed by atoms with Crippen molar-refractivity contribution in [3.05, 3.63) is 42.1 Å². The zero-order valence-corrected chi connectivity index (χ0v) is 12.1. The molecule has 1 aliphatic carbocycles. The second kappa shape index (κ2) is 6.68. The highest BCUT2D eigenvalue weighted by Gasteiger charge is 2.22. The van der Waals surface area contributed by atoms with Gasteiger partial charge >= 0.3 is 0 Å². The van der Waals surface area contributed by atoms with Crippen molar-refractivity contribution >= 4 is 16.8 Å². The van der Waals surface area contributed by atoms with Crippen LogP contribution in [0.2, 0.25) is 0 Å². The molecule has 1 heterocycles. The first-order chi connectivity index (χ1) is 10.3. The van der Waals surface area contributed by atoms with E-state index in [0.717, 1.165) is 37.9 Å². The zero-order chi connectivity index (χ0) is 14.5. The van der Waals surface area contributed by atoms with Crippen molar-refractivity contribution in [1.29, 1.82) is 0 Å². The van der Waals surface area contributed by atoms with Crippen molar-refractivity contribution in [3.8, 4) is 0 Å². The number of aromatic nitrogens is 1. The summed E-state index contributed by atoms with van der Waals surface area (Å²) >= 11 is 0. The van der Waals surface area contributed by atoms with Gasteiger partial charge in [-0.25, -0.2) is 0 Å². The molecule has 4 nitrogen and oxygen atoms in total. The van der Waals surface area contributed by atoms with Gasteiger partial charge in [0.15, 0.2) is 0 Å². The van der Waals surface area contributed by atoms with E-state index in [0.29, 0.717) is 12.5 Å². The summed E-state index contributed by atoms with van der Waals surface area (Å²) in [5.74, 6) is 0.191. The molecule has 0 bridgehead atoms. The molecule has 0 saturated heterocycles. The van der Waals surface area contributed by atoms with E-state index in [9.17, 15) is 4.79 Å². The average molecular weight is 283 g/mol. The first-order valence-corrected chi connectivity index (χ1v) is 7.65. The van der Waals surface area contributed by atoms with Crippen LogP contribution in [0.3, 0.4) is 0 Å². The van der Waals surface area contributed by atoms with E-state index in [1.807, 2.05) is 12.3 Å². The maximum absolute atomic E-state index is 11.5. The van der Waals surface area contributed by atoms with Crippen LogP contribution in [0.5, 0.6) is 0 Å². The number of nitrogens with zero attached hydrogens (tertiary/aromatic N) is 1. The number of nitrogens with one attached hydrogen (secondary N) is 2. The van der Waals surface area contributed by atoms with E-state index in [1.54, 1.807) is 0 Å². The molecule has 4 heteroatoms. The number of hydrogen-bond donors (Lipinski definition) is 2. The molecule has 0 atom stereocenters. The van der Waals surface area contributed by atoms with Crippen molar-refractivity contribution in [3.63, 3.8) is 0 Å². The molecule has 1 amide bonds. The normalized spacial score (nSPS) is 14.3. The van der Waals surface area contributed by atoms with E-state index < -0.39 is 0 Å². The Morgan fingerprint density at radius 3 is 3.05 bits per heavy atom. The van der Waals surface area contributed by atoms with Crippen LogP contribution in [0.4, 0.5) is 0 Å². The van der Waals surface area contributed by atoms with Gasteiger partial charge in [0, 0.05) is 30.6 Å². The number of carbonyl (C=O) groups excluding carboxylic acids is 1. The highest BCUT2D eigenvalue weighted by atomic mass is 16.1. The van der Waals surface area contributed by atoms with Gasteiger partial charge in [0.1, 0.15) is 0 Å². The average Bonchev–Trinajstić information content (AvgIpc) is 3.30. The second-order valence-electron chi connectivity index (χ2n) is 5.65. The number of hydrogen-bond acceptors (Lipinski definition) is 3. The molecule has 110 valence electrons. The maximum atomic E-state index is 11.5. The third-order valence-corrected chi connectivity index (χ3v) is 3.70. The smallest absolute Gasteiger partial charge is 0.220 e. The van der Waals surface area contributed by atoms with E-state index in [4.69, 9.17) is 0 Å². The van der Waals surface area contributed by atoms with Gasteiger partial charge in [0.05, 0.1) is 5.52 Å². The molecule has 1 aliphatic rings. The van der Waals surface area contributed by atoms with E-state index in [1.165, 1.54) is 10.9 Å². The summed E-state index contributed by atoms with van der Waals surface area (Å²) in [5, 5.41) is 7.57. The first kappa shape index (κ1) is 14.0. The van der Waals surface area contributed by atoms with Crippen LogP contribution in [-0.2, 0) is 11.3 Å². The van der Waals surface area contributed by atoms with Crippen LogP contribution in [0.15, 0.2) is 36.5 Å². The highest BCUT2D eigenvalue weighted by molar-refractivity contribution is 5.78. The molecule has 0 radical (unpaired) electrons. The van der Waals surface area contributed by atoms with Crippen molar-refractivity contribution in [2.24, 2.45) is 0 Å². The van der Waals surface area contributed by atoms with Crippen LogP contribution in [-0.4, -0.2) is 23.5 Å². The molecule has 2 aromatic rings. The fourth-order valence-electron chi connectivity index (χ4n) is 2.37. The monoisotopic (exact) mass is 283 g/mol. The number of fused-ring (bicyclic) bond motifs is 1. The molecule has 21 heavy (non-hydrogen) atoms. The molecule has 1 fully saturated rings. The van der Waals surface area contributed by atoms with Gasteiger partial charge in [0.25, 0.3) is 0 Å². The molecule has 1 aromatic carbocycles. The predicted octanol–water partition coefficient (Wildman–Crippen LogP) is 2.38. The summed E-state index contributed by atoms with van der Waals surface area (Å²) in [6.07, 6.45) is 5.62. The molecule has 0 aliphatic heterocycles. The summed E-state index contributed by atoms with van der Waals surface area (Å²) in [6, 6.07) is 10.8. The van der Waals surface area contributed by atoms with Crippen LogP contribution in [0.1, 0.15) is 31.2 Å². The molecular weight excluding hydrogens is 262 g/mol. The molecule has 2 N–H and O–H groups in total. The summed E-state index contributed by atoms with van der Waals surface area (Å²) in [6.45, 7) is 1.69. The van der Waals surface area contributed by atoms with Crippen LogP contribution in [0.25, 0.3) is 10.9 Å². The predicted molar refractivity (Wildman–Crippen MR) is 83.8 cm³/mol. The number of pyridine rings is 1. The van der Waals surface area contributed by atoms with Crippen molar-refractivity contribution in [1.82, 2.24) is 15.6 Å². The Kier molecular flexibility index (Phi) is 4.46. The number of amides is 1. The third-order valence-electron chi connectivity index (χ3n) is 3.70. The van der Waals surface area contributed by atoms with Crippen LogP contribution in [0, 0.1) is 0 Å². The minimum atomic E-state index is 0.191. The van der Waals surface area contributed by atoms with Gasteiger partial charge in [0.2, 0.25) is 5.91 Å². The largest absolute Gasteiger partial charge is 0.353 e. The van der Waals surface area contributed by atoms with E-state index in [2.05, 4.69) is 39.9 Å². The Balaban J connectivity index is 1.38. The minimum Gasteiger partial charge on any atom is -0.353 e. The first-order valence-electron chi connectivity index (χ1n) is 7.65. The topological polar surface area (TPSA) is 54.0 Å². The van der Waals surface area contributed by atoms with Gasteiger partial charge in [-0.3, -0.25) is 9.78 Å². The highest BCUT2D eigenvalue weighted by Crippen LogP contribution is 2.18. The summed E-state index contributed by atoms with van der Waals surface area (Å²) in [4.78, 5) is 15.8. The Hall–Kier alpha value is -1.94. The third kappa shape index (κ3) is 4.26. The molecule has 0 spiro atoms. The van der Waals surface area contributed by atoms with Gasteiger partial charge in [-0.1, -0.05) is 12.1 Å². The van der Waals surface area contributed by atoms with Crippen molar-refractivity contribution in [2.75, 3.05) is 6.54 Å². The van der Waals surface area contributed by atoms with Gasteiger partial charge < -0.3 is 10.6 Å². The number of rotatable bonds is 7. The second-order valence-corrected chi connectivity index (χ2v) is 5.65. The Bertz CT molecular complexity index is 622. The van der Waals surface area contributed by atoms with E-state index >= 15 is 0 Å². The quantitative estimate of drug-likeness (QED) is 0.767. The molecular formula is C17H21N3O. The fraction of sp³-hybridized carbons (Fsp3) is 0.412. The molecule has 3 rings (SSSR count). The van der Waals surface area contributed by atoms with Crippen molar-refractivity contribution < 1.29 is 4.79 Å². The van der Waals surface area contributed by atoms with Gasteiger partial charge in [-0.15, -0.1) is 0 Å². The zero-order valence-electron chi connectivity index (χ0n) is 12.1. The molecule has 1 aromatic heterocycles. The Morgan fingerprint density at radius 2 is 2.19 bits per heavy atom. The lowest BCUT2D eigenvalue weighted by Crippen LogP contribution is -2.26. The summed E-state index contributed by atoms with van der Waals surface area (Å²) < 4.78 is 0. The summed E-state index contributed by atoms with van der Waals surface area (Å²) in [7, 11) is 0. The van der Waals surface area contributed by atoms with Crippen molar-refractivity contribution in [2.45, 2.75) is 38.3 Å². The fourth-order valence-corrected chi connectivity index (χ4v) is 2.37. The standard InChI is InChI=1S/C17H21N3O/c21-17(20-15-6-7-15)4-2-9-18-12-13-5-8-16-14(11-13)3-1-10-19-16/h1,3,5,8,10-11,15,18H,2,4,6-7,9,12H2,(H,20,21). The van der Waals surface area contributed by atoms with Crippen LogP contribution < -0.4 is 10.6 Å². The van der Waals surface area contributed by atoms with Crippen LogP contribution >= 0.6 is 0 Å². The Morgan fingerprint density at radius 1 is 1.29 bits per heavy atom. The van der Waals surface area contributed by atoms with Gasteiger partial charge in [-0.05, 0) is 49.6 Å². The van der Waals surface area contributed by atoms with Gasteiger partial charge in [-0.2, -0.15) is 0 Å². The lowest BCUT2D eigenvalue weighted by atomic mass is 10.1.